The largest absolute Gasteiger partial charge is 0.486 e. The minimum atomic E-state index is -0.223. The average Bonchev–Trinajstić information content (AvgIpc) is 3.13. The van der Waals surface area contributed by atoms with Gasteiger partial charge in [0, 0.05) is 12.6 Å². The first kappa shape index (κ1) is 19.8. The van der Waals surface area contributed by atoms with Gasteiger partial charge in [0.1, 0.15) is 18.1 Å². The van der Waals surface area contributed by atoms with Crippen molar-refractivity contribution in [2.45, 2.75) is 19.6 Å². The first-order valence-corrected chi connectivity index (χ1v) is 8.31. The molecule has 1 unspecified atom stereocenters. The summed E-state index contributed by atoms with van der Waals surface area (Å²) in [5, 5.41) is 8.18. The van der Waals surface area contributed by atoms with Gasteiger partial charge in [-0.3, -0.25) is 4.79 Å². The molecule has 1 heterocycles. The van der Waals surface area contributed by atoms with Gasteiger partial charge in [0.15, 0.2) is 5.76 Å². The van der Waals surface area contributed by atoms with E-state index in [0.29, 0.717) is 18.1 Å². The molecule has 2 N–H and O–H groups in total. The van der Waals surface area contributed by atoms with Crippen LogP contribution in [0.2, 0.25) is 0 Å². The number of rotatable bonds is 7. The molecule has 0 aliphatic rings. The molecule has 6 heteroatoms. The van der Waals surface area contributed by atoms with E-state index in [9.17, 15) is 4.79 Å². The highest BCUT2D eigenvalue weighted by molar-refractivity contribution is 5.91. The minimum absolute atomic E-state index is 0. The molecule has 0 aliphatic heterocycles. The van der Waals surface area contributed by atoms with Crippen LogP contribution in [0.3, 0.4) is 0 Å². The maximum Gasteiger partial charge on any atom is 0.287 e. The van der Waals surface area contributed by atoms with E-state index in [1.54, 1.807) is 12.1 Å². The highest BCUT2D eigenvalue weighted by Crippen LogP contribution is 2.21. The number of hydrogen-bond acceptors (Lipinski definition) is 4. The lowest BCUT2D eigenvalue weighted by molar-refractivity contribution is 0.0918. The van der Waals surface area contributed by atoms with Gasteiger partial charge in [-0.1, -0.05) is 30.3 Å². The number of carbonyl (C=O) groups is 1. The standard InChI is InChI=1S/C20H22N2O3.ClH/c1-14(21-2)12-22-20(23)19-10-9-18(25-19)13-24-17-8-7-15-5-3-4-6-16(15)11-17;/h3-11,14,21H,12-13H2,1-2H3,(H,22,23);1H. The summed E-state index contributed by atoms with van der Waals surface area (Å²) in [7, 11) is 1.85. The number of furan rings is 1. The monoisotopic (exact) mass is 374 g/mol. The second-order valence-electron chi connectivity index (χ2n) is 5.96. The van der Waals surface area contributed by atoms with Crippen molar-refractivity contribution < 1.29 is 13.9 Å². The van der Waals surface area contributed by atoms with Crippen LogP contribution in [0, 0.1) is 0 Å². The molecule has 0 saturated carbocycles. The van der Waals surface area contributed by atoms with Crippen LogP contribution >= 0.6 is 12.4 Å². The number of likely N-dealkylation sites (N-methyl/N-ethyl adjacent to an activating group) is 1. The van der Waals surface area contributed by atoms with E-state index in [-0.39, 0.29) is 31.0 Å². The first-order valence-electron chi connectivity index (χ1n) is 8.31. The molecular formula is C20H23ClN2O3. The van der Waals surface area contributed by atoms with Gasteiger partial charge in [0.2, 0.25) is 0 Å². The molecule has 1 atom stereocenters. The third-order valence-corrected chi connectivity index (χ3v) is 4.05. The Morgan fingerprint density at radius 3 is 2.65 bits per heavy atom. The lowest BCUT2D eigenvalue weighted by atomic mass is 10.1. The number of ether oxygens (including phenoxy) is 1. The Bertz CT molecular complexity index is 863. The van der Waals surface area contributed by atoms with E-state index in [1.807, 2.05) is 50.4 Å². The topological polar surface area (TPSA) is 63.5 Å². The fraction of sp³-hybridized carbons (Fsp3) is 0.250. The molecule has 26 heavy (non-hydrogen) atoms. The van der Waals surface area contributed by atoms with Crippen molar-refractivity contribution in [2.24, 2.45) is 0 Å². The van der Waals surface area contributed by atoms with E-state index in [0.717, 1.165) is 11.1 Å². The van der Waals surface area contributed by atoms with Gasteiger partial charge >= 0.3 is 0 Å². The van der Waals surface area contributed by atoms with Gasteiger partial charge in [-0.2, -0.15) is 0 Å². The highest BCUT2D eigenvalue weighted by atomic mass is 35.5. The molecule has 0 aliphatic carbocycles. The summed E-state index contributed by atoms with van der Waals surface area (Å²) in [6, 6.07) is 17.7. The number of halogens is 1. The quantitative estimate of drug-likeness (QED) is 0.660. The lowest BCUT2D eigenvalue weighted by Crippen LogP contribution is -2.37. The zero-order valence-electron chi connectivity index (χ0n) is 14.8. The molecule has 0 radical (unpaired) electrons. The molecule has 3 rings (SSSR count). The van der Waals surface area contributed by atoms with Gasteiger partial charge in [-0.05, 0) is 49.0 Å². The molecule has 0 bridgehead atoms. The zero-order chi connectivity index (χ0) is 17.6. The zero-order valence-corrected chi connectivity index (χ0v) is 15.6. The molecule has 1 aromatic heterocycles. The summed E-state index contributed by atoms with van der Waals surface area (Å²) in [5.41, 5.74) is 0. The Morgan fingerprint density at radius 1 is 1.12 bits per heavy atom. The smallest absolute Gasteiger partial charge is 0.287 e. The van der Waals surface area contributed by atoms with Crippen molar-refractivity contribution in [3.05, 3.63) is 66.1 Å². The summed E-state index contributed by atoms with van der Waals surface area (Å²) in [4.78, 5) is 12.0. The van der Waals surface area contributed by atoms with Crippen LogP contribution in [0.4, 0.5) is 0 Å². The van der Waals surface area contributed by atoms with E-state index in [1.165, 1.54) is 5.39 Å². The molecule has 0 saturated heterocycles. The summed E-state index contributed by atoms with van der Waals surface area (Å²) in [6.45, 7) is 2.81. The molecule has 138 valence electrons. The summed E-state index contributed by atoms with van der Waals surface area (Å²) in [6.07, 6.45) is 0. The van der Waals surface area contributed by atoms with Gasteiger partial charge in [0.25, 0.3) is 5.91 Å². The van der Waals surface area contributed by atoms with Crippen molar-refractivity contribution in [2.75, 3.05) is 13.6 Å². The van der Waals surface area contributed by atoms with Crippen molar-refractivity contribution in [3.63, 3.8) is 0 Å². The van der Waals surface area contributed by atoms with Gasteiger partial charge in [-0.15, -0.1) is 12.4 Å². The SMILES string of the molecule is CNC(C)CNC(=O)c1ccc(COc2ccc3ccccc3c2)o1.Cl. The van der Waals surface area contributed by atoms with Crippen LogP contribution < -0.4 is 15.4 Å². The first-order chi connectivity index (χ1) is 12.2. The van der Waals surface area contributed by atoms with Crippen molar-refractivity contribution in [1.82, 2.24) is 10.6 Å². The molecule has 3 aromatic rings. The number of amides is 1. The molecule has 0 fully saturated rings. The van der Waals surface area contributed by atoms with E-state index in [4.69, 9.17) is 9.15 Å². The second-order valence-corrected chi connectivity index (χ2v) is 5.96. The summed E-state index contributed by atoms with van der Waals surface area (Å²) < 4.78 is 11.3. The van der Waals surface area contributed by atoms with Crippen LogP contribution in [0.15, 0.2) is 59.0 Å². The highest BCUT2D eigenvalue weighted by Gasteiger charge is 2.12. The maximum atomic E-state index is 12.0. The number of hydrogen-bond donors (Lipinski definition) is 2. The van der Waals surface area contributed by atoms with Crippen molar-refractivity contribution in [3.8, 4) is 5.75 Å². The van der Waals surface area contributed by atoms with Gasteiger partial charge < -0.3 is 19.8 Å². The number of nitrogens with one attached hydrogen (secondary N) is 2. The average molecular weight is 375 g/mol. The third-order valence-electron chi connectivity index (χ3n) is 4.05. The van der Waals surface area contributed by atoms with Gasteiger partial charge in [0.05, 0.1) is 0 Å². The fourth-order valence-electron chi connectivity index (χ4n) is 2.42. The maximum absolute atomic E-state index is 12.0. The number of carbonyl (C=O) groups excluding carboxylic acids is 1. The third kappa shape index (κ3) is 5.00. The Balaban J connectivity index is 0.00000243. The molecule has 2 aromatic carbocycles. The molecular weight excluding hydrogens is 352 g/mol. The van der Waals surface area contributed by atoms with E-state index in [2.05, 4.69) is 16.7 Å². The van der Waals surface area contributed by atoms with E-state index < -0.39 is 0 Å². The van der Waals surface area contributed by atoms with E-state index >= 15 is 0 Å². The Labute approximate surface area is 159 Å². The molecule has 0 spiro atoms. The van der Waals surface area contributed by atoms with Crippen LogP contribution in [0.1, 0.15) is 23.2 Å². The lowest BCUT2D eigenvalue weighted by Gasteiger charge is -2.10. The van der Waals surface area contributed by atoms with Crippen LogP contribution in [0.5, 0.6) is 5.75 Å². The molecule has 5 nitrogen and oxygen atoms in total. The Morgan fingerprint density at radius 2 is 1.88 bits per heavy atom. The predicted molar refractivity (Wildman–Crippen MR) is 105 cm³/mol. The Kier molecular flexibility index (Phi) is 7.06. The minimum Gasteiger partial charge on any atom is -0.486 e. The van der Waals surface area contributed by atoms with Crippen molar-refractivity contribution >= 4 is 29.1 Å². The van der Waals surface area contributed by atoms with Crippen LogP contribution in [-0.2, 0) is 6.61 Å². The Hall–Kier alpha value is -2.50. The number of benzene rings is 2. The fourth-order valence-corrected chi connectivity index (χ4v) is 2.42. The van der Waals surface area contributed by atoms with Crippen LogP contribution in [0.25, 0.3) is 10.8 Å². The molecule has 1 amide bonds. The number of fused-ring (bicyclic) bond motifs is 1. The van der Waals surface area contributed by atoms with Crippen LogP contribution in [-0.4, -0.2) is 25.5 Å². The summed E-state index contributed by atoms with van der Waals surface area (Å²) in [5.74, 6) is 1.45. The summed E-state index contributed by atoms with van der Waals surface area (Å²) >= 11 is 0. The van der Waals surface area contributed by atoms with Crippen molar-refractivity contribution in [1.29, 1.82) is 0 Å². The predicted octanol–water partition coefficient (Wildman–Crippen LogP) is 3.77. The second kappa shape index (κ2) is 9.27. The normalized spacial score (nSPS) is 11.6. The van der Waals surface area contributed by atoms with Gasteiger partial charge in [-0.25, -0.2) is 0 Å².